The van der Waals surface area contributed by atoms with Crippen LogP contribution in [0.2, 0.25) is 0 Å². The number of sulfonamides is 1. The predicted octanol–water partition coefficient (Wildman–Crippen LogP) is 3.15. The van der Waals surface area contributed by atoms with Gasteiger partial charge in [-0.3, -0.25) is 4.31 Å². The lowest BCUT2D eigenvalue weighted by molar-refractivity contribution is 0.316. The topological polar surface area (TPSA) is 46.6 Å². The van der Waals surface area contributed by atoms with Crippen molar-refractivity contribution in [3.8, 4) is 5.75 Å². The van der Waals surface area contributed by atoms with E-state index in [1.54, 1.807) is 12.1 Å². The van der Waals surface area contributed by atoms with Crippen LogP contribution in [0, 0.1) is 0 Å². The van der Waals surface area contributed by atoms with Crippen LogP contribution in [0.3, 0.4) is 0 Å². The first-order valence-corrected chi connectivity index (χ1v) is 9.47. The summed E-state index contributed by atoms with van der Waals surface area (Å²) in [6, 6.07) is 12.9. The van der Waals surface area contributed by atoms with Gasteiger partial charge in [-0.1, -0.05) is 18.2 Å². The number of hydrogen-bond acceptors (Lipinski definition) is 3. The van der Waals surface area contributed by atoms with E-state index in [1.165, 1.54) is 21.9 Å². The van der Waals surface area contributed by atoms with Crippen molar-refractivity contribution >= 4 is 15.7 Å². The second kappa shape index (κ2) is 5.57. The standard InChI is InChI=1S/C18H19NO3S/c20-23(21,16-10-9-14-5-1-2-6-15(14)13-16)19-11-12-22-18-8-4-3-7-17(18)19/h3-4,7-10,13H,1-2,5-6,11-12H2. The summed E-state index contributed by atoms with van der Waals surface area (Å²) in [5, 5.41) is 0. The number of aryl methyl sites for hydroxylation is 2. The highest BCUT2D eigenvalue weighted by atomic mass is 32.2. The summed E-state index contributed by atoms with van der Waals surface area (Å²) >= 11 is 0. The Hall–Kier alpha value is -2.01. The summed E-state index contributed by atoms with van der Waals surface area (Å²) in [5.74, 6) is 0.625. The molecule has 0 unspecified atom stereocenters. The van der Waals surface area contributed by atoms with Gasteiger partial charge in [0.2, 0.25) is 0 Å². The molecule has 120 valence electrons. The molecule has 0 saturated heterocycles. The molecule has 0 N–H and O–H groups in total. The van der Waals surface area contributed by atoms with E-state index >= 15 is 0 Å². The summed E-state index contributed by atoms with van der Waals surface area (Å²) in [5.41, 5.74) is 3.09. The maximum atomic E-state index is 13.1. The van der Waals surface area contributed by atoms with Crippen LogP contribution < -0.4 is 9.04 Å². The minimum absolute atomic E-state index is 0.344. The minimum Gasteiger partial charge on any atom is -0.489 e. The first-order chi connectivity index (χ1) is 11.2. The summed E-state index contributed by atoms with van der Waals surface area (Å²) < 4.78 is 33.3. The highest BCUT2D eigenvalue weighted by Crippen LogP contribution is 2.35. The summed E-state index contributed by atoms with van der Waals surface area (Å²) in [6.45, 7) is 0.720. The Bertz CT molecular complexity index is 845. The Morgan fingerprint density at radius 2 is 1.74 bits per heavy atom. The van der Waals surface area contributed by atoms with Crippen molar-refractivity contribution in [2.24, 2.45) is 0 Å². The van der Waals surface area contributed by atoms with Crippen LogP contribution >= 0.6 is 0 Å². The van der Waals surface area contributed by atoms with E-state index in [1.807, 2.05) is 30.3 Å². The summed E-state index contributed by atoms with van der Waals surface area (Å²) in [4.78, 5) is 0.384. The van der Waals surface area contributed by atoms with Gasteiger partial charge in [-0.25, -0.2) is 8.42 Å². The van der Waals surface area contributed by atoms with Crippen LogP contribution in [0.25, 0.3) is 0 Å². The number of anilines is 1. The SMILES string of the molecule is O=S(=O)(c1ccc2c(c1)CCCC2)N1CCOc2ccccc21. The van der Waals surface area contributed by atoms with E-state index in [0.717, 1.165) is 19.3 Å². The summed E-state index contributed by atoms with van der Waals surface area (Å²) in [6.07, 6.45) is 4.35. The van der Waals surface area contributed by atoms with E-state index in [0.29, 0.717) is 29.5 Å². The summed E-state index contributed by atoms with van der Waals surface area (Å²) in [7, 11) is -3.56. The third-order valence-electron chi connectivity index (χ3n) is 4.59. The molecule has 0 amide bonds. The first kappa shape index (κ1) is 14.6. The maximum Gasteiger partial charge on any atom is 0.264 e. The molecule has 1 aliphatic heterocycles. The molecule has 1 aliphatic carbocycles. The van der Waals surface area contributed by atoms with Gasteiger partial charge in [-0.05, 0) is 61.1 Å². The van der Waals surface area contributed by atoms with Crippen molar-refractivity contribution in [3.05, 3.63) is 53.6 Å². The Kier molecular flexibility index (Phi) is 3.53. The smallest absolute Gasteiger partial charge is 0.264 e. The van der Waals surface area contributed by atoms with Crippen molar-refractivity contribution < 1.29 is 13.2 Å². The fraction of sp³-hybridized carbons (Fsp3) is 0.333. The Balaban J connectivity index is 1.77. The number of rotatable bonds is 2. The zero-order valence-corrected chi connectivity index (χ0v) is 13.7. The molecule has 2 aromatic rings. The van der Waals surface area contributed by atoms with E-state index in [9.17, 15) is 8.42 Å². The molecule has 2 aromatic carbocycles. The molecular formula is C18H19NO3S. The molecule has 1 heterocycles. The second-order valence-electron chi connectivity index (χ2n) is 6.03. The van der Waals surface area contributed by atoms with E-state index in [2.05, 4.69) is 0 Å². The van der Waals surface area contributed by atoms with Crippen LogP contribution in [-0.2, 0) is 22.9 Å². The van der Waals surface area contributed by atoms with E-state index < -0.39 is 10.0 Å². The van der Waals surface area contributed by atoms with Crippen LogP contribution in [0.1, 0.15) is 24.0 Å². The van der Waals surface area contributed by atoms with Crippen molar-refractivity contribution in [3.63, 3.8) is 0 Å². The molecule has 4 rings (SSSR count). The Labute approximate surface area is 136 Å². The molecule has 0 aromatic heterocycles. The van der Waals surface area contributed by atoms with Crippen LogP contribution in [-0.4, -0.2) is 21.6 Å². The lowest BCUT2D eigenvalue weighted by Gasteiger charge is -2.30. The van der Waals surface area contributed by atoms with Gasteiger partial charge in [-0.15, -0.1) is 0 Å². The fourth-order valence-electron chi connectivity index (χ4n) is 3.39. The quantitative estimate of drug-likeness (QED) is 0.850. The van der Waals surface area contributed by atoms with Crippen molar-refractivity contribution in [2.45, 2.75) is 30.6 Å². The van der Waals surface area contributed by atoms with Gasteiger partial charge in [-0.2, -0.15) is 0 Å². The van der Waals surface area contributed by atoms with Gasteiger partial charge in [0.15, 0.2) is 0 Å². The lowest BCUT2D eigenvalue weighted by atomic mass is 9.92. The number of benzene rings is 2. The number of fused-ring (bicyclic) bond motifs is 2. The van der Waals surface area contributed by atoms with Crippen LogP contribution in [0.15, 0.2) is 47.4 Å². The molecule has 0 saturated carbocycles. The highest BCUT2D eigenvalue weighted by Gasteiger charge is 2.30. The molecular weight excluding hydrogens is 310 g/mol. The average Bonchev–Trinajstić information content (AvgIpc) is 2.60. The van der Waals surface area contributed by atoms with Crippen LogP contribution in [0.5, 0.6) is 5.75 Å². The number of hydrogen-bond donors (Lipinski definition) is 0. The Morgan fingerprint density at radius 1 is 0.957 bits per heavy atom. The molecule has 0 fully saturated rings. The molecule has 0 atom stereocenters. The number of nitrogens with zero attached hydrogens (tertiary/aromatic N) is 1. The molecule has 0 bridgehead atoms. The van der Waals surface area contributed by atoms with Gasteiger partial charge in [0, 0.05) is 0 Å². The van der Waals surface area contributed by atoms with Gasteiger partial charge in [0.05, 0.1) is 17.1 Å². The van der Waals surface area contributed by atoms with Gasteiger partial charge < -0.3 is 4.74 Å². The van der Waals surface area contributed by atoms with Gasteiger partial charge >= 0.3 is 0 Å². The zero-order chi connectivity index (χ0) is 15.9. The highest BCUT2D eigenvalue weighted by molar-refractivity contribution is 7.92. The zero-order valence-electron chi connectivity index (χ0n) is 12.9. The van der Waals surface area contributed by atoms with Crippen molar-refractivity contribution in [1.29, 1.82) is 0 Å². The van der Waals surface area contributed by atoms with Crippen molar-refractivity contribution in [1.82, 2.24) is 0 Å². The largest absolute Gasteiger partial charge is 0.489 e. The molecule has 0 radical (unpaired) electrons. The molecule has 4 nitrogen and oxygen atoms in total. The van der Waals surface area contributed by atoms with Crippen molar-refractivity contribution in [2.75, 3.05) is 17.5 Å². The fourth-order valence-corrected chi connectivity index (χ4v) is 4.90. The normalized spacial score (nSPS) is 17.1. The predicted molar refractivity (Wildman–Crippen MR) is 89.6 cm³/mol. The van der Waals surface area contributed by atoms with E-state index in [-0.39, 0.29) is 0 Å². The average molecular weight is 329 g/mol. The van der Waals surface area contributed by atoms with Gasteiger partial charge in [0.25, 0.3) is 10.0 Å². The van der Waals surface area contributed by atoms with Gasteiger partial charge in [0.1, 0.15) is 12.4 Å². The maximum absolute atomic E-state index is 13.1. The van der Waals surface area contributed by atoms with E-state index in [4.69, 9.17) is 4.74 Å². The lowest BCUT2D eigenvalue weighted by Crippen LogP contribution is -2.38. The van der Waals surface area contributed by atoms with Crippen LogP contribution in [0.4, 0.5) is 5.69 Å². The second-order valence-corrected chi connectivity index (χ2v) is 7.89. The first-order valence-electron chi connectivity index (χ1n) is 8.03. The molecule has 2 aliphatic rings. The third-order valence-corrected chi connectivity index (χ3v) is 6.40. The molecule has 0 spiro atoms. The number of para-hydroxylation sites is 2. The monoisotopic (exact) mass is 329 g/mol. The Morgan fingerprint density at radius 3 is 2.61 bits per heavy atom. The molecule has 23 heavy (non-hydrogen) atoms. The minimum atomic E-state index is -3.56. The third kappa shape index (κ3) is 2.49. The molecule has 5 heteroatoms. The number of ether oxygens (including phenoxy) is 1.